The van der Waals surface area contributed by atoms with E-state index in [1.165, 1.54) is 5.56 Å². The number of halogens is 1. The van der Waals surface area contributed by atoms with Crippen LogP contribution in [-0.2, 0) is 9.53 Å². The molecule has 2 rings (SSSR count). The maximum Gasteiger partial charge on any atom is 0.308 e. The van der Waals surface area contributed by atoms with Gasteiger partial charge in [0, 0.05) is 24.5 Å². The topological polar surface area (TPSA) is 29.5 Å². The predicted molar refractivity (Wildman–Crippen MR) is 117 cm³/mol. The summed E-state index contributed by atoms with van der Waals surface area (Å²) in [4.78, 5) is 15.1. The highest BCUT2D eigenvalue weighted by atomic mass is 35.5. The molecule has 2 aromatic carbocycles. The van der Waals surface area contributed by atoms with Gasteiger partial charge in [0.2, 0.25) is 0 Å². The fourth-order valence-corrected chi connectivity index (χ4v) is 3.55. The van der Waals surface area contributed by atoms with Crippen molar-refractivity contribution in [3.63, 3.8) is 0 Å². The molecular weight excluding hydrogens is 370 g/mol. The van der Waals surface area contributed by atoms with Crippen molar-refractivity contribution >= 4 is 17.6 Å². The molecule has 4 heteroatoms. The van der Waals surface area contributed by atoms with Crippen LogP contribution in [0.3, 0.4) is 0 Å². The van der Waals surface area contributed by atoms with Crippen LogP contribution in [0.2, 0.25) is 0 Å². The van der Waals surface area contributed by atoms with Crippen molar-refractivity contribution in [3.8, 4) is 0 Å². The number of benzene rings is 2. The fraction of sp³-hybridized carbons (Fsp3) is 0.458. The quantitative estimate of drug-likeness (QED) is 0.372. The highest BCUT2D eigenvalue weighted by molar-refractivity contribution is 6.17. The van der Waals surface area contributed by atoms with E-state index >= 15 is 0 Å². The second-order valence-electron chi connectivity index (χ2n) is 8.08. The zero-order valence-electron chi connectivity index (χ0n) is 17.4. The van der Waals surface area contributed by atoms with E-state index in [1.807, 2.05) is 45.0 Å². The molecule has 0 heterocycles. The highest BCUT2D eigenvalue weighted by Crippen LogP contribution is 2.33. The maximum atomic E-state index is 12.7. The van der Waals surface area contributed by atoms with E-state index in [0.717, 1.165) is 18.5 Å². The molecule has 2 aromatic rings. The lowest BCUT2D eigenvalue weighted by molar-refractivity contribution is -0.156. The zero-order chi connectivity index (χ0) is 20.6. The fourth-order valence-electron chi connectivity index (χ4n) is 3.43. The van der Waals surface area contributed by atoms with Crippen molar-refractivity contribution < 1.29 is 9.53 Å². The van der Waals surface area contributed by atoms with Gasteiger partial charge in [0.15, 0.2) is 0 Å². The largest absolute Gasteiger partial charge is 0.460 e. The van der Waals surface area contributed by atoms with Crippen LogP contribution in [0.4, 0.5) is 0 Å². The van der Waals surface area contributed by atoms with Crippen LogP contribution in [-0.4, -0.2) is 28.9 Å². The molecule has 0 saturated heterocycles. The van der Waals surface area contributed by atoms with Crippen LogP contribution < -0.4 is 0 Å². The first-order valence-corrected chi connectivity index (χ1v) is 10.5. The van der Waals surface area contributed by atoms with Crippen LogP contribution in [0.15, 0.2) is 60.7 Å². The van der Waals surface area contributed by atoms with E-state index in [2.05, 4.69) is 48.2 Å². The van der Waals surface area contributed by atoms with E-state index in [0.29, 0.717) is 12.3 Å². The molecule has 0 N–H and O–H groups in total. The molecule has 152 valence electrons. The van der Waals surface area contributed by atoms with Gasteiger partial charge < -0.3 is 4.74 Å². The summed E-state index contributed by atoms with van der Waals surface area (Å²) >= 11 is 6.02. The predicted octanol–water partition coefficient (Wildman–Crippen LogP) is 6.15. The van der Waals surface area contributed by atoms with Crippen molar-refractivity contribution in [1.29, 1.82) is 0 Å². The van der Waals surface area contributed by atoms with E-state index in [9.17, 15) is 4.79 Å². The second kappa shape index (κ2) is 10.6. The Kier molecular flexibility index (Phi) is 8.53. The Morgan fingerprint density at radius 2 is 1.54 bits per heavy atom. The Labute approximate surface area is 174 Å². The van der Waals surface area contributed by atoms with E-state index in [4.69, 9.17) is 16.3 Å². The number of carbonyl (C=O) groups is 1. The first kappa shape index (κ1) is 22.4. The van der Waals surface area contributed by atoms with Crippen LogP contribution in [0.1, 0.15) is 63.7 Å². The van der Waals surface area contributed by atoms with Crippen molar-refractivity contribution in [3.05, 3.63) is 71.8 Å². The van der Waals surface area contributed by atoms with Crippen molar-refractivity contribution in [2.45, 2.75) is 58.2 Å². The van der Waals surface area contributed by atoms with Crippen molar-refractivity contribution in [2.75, 3.05) is 12.4 Å². The van der Waals surface area contributed by atoms with Gasteiger partial charge in [-0.1, -0.05) is 60.7 Å². The first-order valence-electron chi connectivity index (χ1n) is 9.95. The van der Waals surface area contributed by atoms with Gasteiger partial charge in [-0.15, -0.1) is 11.6 Å². The second-order valence-corrected chi connectivity index (χ2v) is 8.46. The Morgan fingerprint density at radius 3 is 2.04 bits per heavy atom. The lowest BCUT2D eigenvalue weighted by atomic mass is 9.97. The molecule has 0 aliphatic rings. The number of rotatable bonds is 9. The molecular formula is C24H32ClNO2. The Hall–Kier alpha value is -1.84. The van der Waals surface area contributed by atoms with Gasteiger partial charge in [-0.2, -0.15) is 0 Å². The molecule has 0 amide bonds. The molecule has 28 heavy (non-hydrogen) atoms. The lowest BCUT2D eigenvalue weighted by Gasteiger charge is -2.37. The average molecular weight is 402 g/mol. The smallest absolute Gasteiger partial charge is 0.308 e. The first-order chi connectivity index (χ1) is 13.3. The minimum absolute atomic E-state index is 0.0746. The third kappa shape index (κ3) is 6.96. The van der Waals surface area contributed by atoms with Gasteiger partial charge in [-0.05, 0) is 45.2 Å². The van der Waals surface area contributed by atoms with Crippen LogP contribution >= 0.6 is 11.6 Å². The SMILES string of the molecule is C[C@H](c1ccccc1)N(CCCCl)[C@@H](CC(=O)OC(C)(C)C)c1ccccc1. The Balaban J connectivity index is 2.35. The summed E-state index contributed by atoms with van der Waals surface area (Å²) in [5, 5.41) is 0. The summed E-state index contributed by atoms with van der Waals surface area (Å²) in [5.74, 6) is 0.406. The molecule has 0 spiro atoms. The van der Waals surface area contributed by atoms with Crippen molar-refractivity contribution in [2.24, 2.45) is 0 Å². The van der Waals surface area contributed by atoms with Crippen LogP contribution in [0, 0.1) is 0 Å². The summed E-state index contributed by atoms with van der Waals surface area (Å²) in [6, 6.07) is 20.7. The van der Waals surface area contributed by atoms with Gasteiger partial charge in [0.25, 0.3) is 0 Å². The third-order valence-corrected chi connectivity index (χ3v) is 4.96. The lowest BCUT2D eigenvalue weighted by Crippen LogP contribution is -2.35. The summed E-state index contributed by atoms with van der Waals surface area (Å²) in [7, 11) is 0. The molecule has 0 aromatic heterocycles. The highest BCUT2D eigenvalue weighted by Gasteiger charge is 2.29. The standard InChI is InChI=1S/C24H32ClNO2/c1-19(20-12-7-5-8-13-20)26(17-11-16-25)22(21-14-9-6-10-15-21)18-23(27)28-24(2,3)4/h5-10,12-15,19,22H,11,16-18H2,1-4H3/t19-,22+/m1/s1. The van der Waals surface area contributed by atoms with E-state index < -0.39 is 5.60 Å². The number of carbonyl (C=O) groups excluding carboxylic acids is 1. The van der Waals surface area contributed by atoms with Gasteiger partial charge in [-0.25, -0.2) is 0 Å². The molecule has 0 radical (unpaired) electrons. The van der Waals surface area contributed by atoms with Gasteiger partial charge in [0.1, 0.15) is 5.60 Å². The normalized spacial score (nSPS) is 13.9. The minimum Gasteiger partial charge on any atom is -0.460 e. The van der Waals surface area contributed by atoms with Gasteiger partial charge in [-0.3, -0.25) is 9.69 Å². The third-order valence-electron chi connectivity index (χ3n) is 4.69. The van der Waals surface area contributed by atoms with E-state index in [1.54, 1.807) is 0 Å². The molecule has 0 fully saturated rings. The summed E-state index contributed by atoms with van der Waals surface area (Å²) in [6.07, 6.45) is 1.16. The van der Waals surface area contributed by atoms with Crippen LogP contribution in [0.25, 0.3) is 0 Å². The molecule has 3 nitrogen and oxygen atoms in total. The number of ether oxygens (including phenoxy) is 1. The average Bonchev–Trinajstić information content (AvgIpc) is 2.67. The zero-order valence-corrected chi connectivity index (χ0v) is 18.2. The molecule has 0 unspecified atom stereocenters. The number of hydrogen-bond acceptors (Lipinski definition) is 3. The molecule has 0 bridgehead atoms. The molecule has 0 aliphatic heterocycles. The number of esters is 1. The Morgan fingerprint density at radius 1 is 1.00 bits per heavy atom. The minimum atomic E-state index is -0.496. The van der Waals surface area contributed by atoms with Crippen LogP contribution in [0.5, 0.6) is 0 Å². The maximum absolute atomic E-state index is 12.7. The number of nitrogens with zero attached hydrogens (tertiary/aromatic N) is 1. The molecule has 0 saturated carbocycles. The molecule has 2 atom stereocenters. The molecule has 0 aliphatic carbocycles. The van der Waals surface area contributed by atoms with Gasteiger partial charge in [0.05, 0.1) is 6.42 Å². The summed E-state index contributed by atoms with van der Waals surface area (Å²) < 4.78 is 5.64. The van der Waals surface area contributed by atoms with Gasteiger partial charge >= 0.3 is 5.97 Å². The van der Waals surface area contributed by atoms with Crippen molar-refractivity contribution in [1.82, 2.24) is 4.90 Å². The summed E-state index contributed by atoms with van der Waals surface area (Å²) in [6.45, 7) is 8.71. The Bertz CT molecular complexity index is 712. The monoisotopic (exact) mass is 401 g/mol. The summed E-state index contributed by atoms with van der Waals surface area (Å²) in [5.41, 5.74) is 1.84. The van der Waals surface area contributed by atoms with E-state index in [-0.39, 0.29) is 18.1 Å². The number of alkyl halides is 1. The number of hydrogen-bond donors (Lipinski definition) is 0.